The Morgan fingerprint density at radius 2 is 1.58 bits per heavy atom. The van der Waals surface area contributed by atoms with Crippen LogP contribution >= 0.6 is 0 Å². The van der Waals surface area contributed by atoms with Crippen molar-refractivity contribution < 1.29 is 13.2 Å². The molecule has 4 bridgehead atoms. The molecule has 6 heteroatoms. The number of hydrogen-bond donors (Lipinski definition) is 2. The second kappa shape index (κ2) is 5.55. The fourth-order valence-electron chi connectivity index (χ4n) is 6.80. The summed E-state index contributed by atoms with van der Waals surface area (Å²) in [6.07, 6.45) is 6.70. The monoisotopic (exact) mass is 376 g/mol. The summed E-state index contributed by atoms with van der Waals surface area (Å²) in [7, 11) is -2.07. The Bertz CT molecular complexity index is 828. The number of rotatable bonds is 4. The van der Waals surface area contributed by atoms with Gasteiger partial charge in [-0.15, -0.1) is 0 Å². The zero-order valence-electron chi connectivity index (χ0n) is 15.8. The van der Waals surface area contributed by atoms with Gasteiger partial charge in [-0.05, 0) is 86.6 Å². The van der Waals surface area contributed by atoms with Gasteiger partial charge in [0.1, 0.15) is 0 Å². The first-order valence-electron chi connectivity index (χ1n) is 9.42. The Hall–Kier alpha value is -1.40. The molecule has 1 amide bonds. The van der Waals surface area contributed by atoms with Crippen molar-refractivity contribution in [3.8, 4) is 0 Å². The zero-order chi connectivity index (χ0) is 18.8. The van der Waals surface area contributed by atoms with Crippen molar-refractivity contribution in [3.05, 3.63) is 24.3 Å². The molecule has 142 valence electrons. The van der Waals surface area contributed by atoms with E-state index in [0.717, 1.165) is 19.3 Å². The maximum Gasteiger partial charge on any atom is 0.240 e. The number of benzene rings is 1. The van der Waals surface area contributed by atoms with Crippen LogP contribution < -0.4 is 10.0 Å². The lowest BCUT2D eigenvalue weighted by Crippen LogP contribution is -2.58. The molecule has 0 saturated heterocycles. The number of nitrogens with one attached hydrogen (secondary N) is 2. The standard InChI is InChI=1S/C20H28N2O3S/c1-18-8-14-9-19(2,11-18)13-20(10-14,12-18)17(23)22-15-4-6-16(7-5-15)26(24,25)21-3/h4-7,14,21H,8-13H2,1-3H3,(H,22,23)/t14?,18-,19-,20?/m0/s1. The van der Waals surface area contributed by atoms with Crippen LogP contribution in [0.15, 0.2) is 29.2 Å². The summed E-state index contributed by atoms with van der Waals surface area (Å²) in [6, 6.07) is 6.41. The van der Waals surface area contributed by atoms with Crippen molar-refractivity contribution >= 4 is 21.6 Å². The van der Waals surface area contributed by atoms with Gasteiger partial charge in [0.15, 0.2) is 0 Å². The van der Waals surface area contributed by atoms with Gasteiger partial charge in [0, 0.05) is 5.69 Å². The predicted octanol–water partition coefficient (Wildman–Crippen LogP) is 3.53. The Morgan fingerprint density at radius 1 is 1.00 bits per heavy atom. The van der Waals surface area contributed by atoms with Gasteiger partial charge in [-0.25, -0.2) is 13.1 Å². The van der Waals surface area contributed by atoms with Gasteiger partial charge >= 0.3 is 0 Å². The summed E-state index contributed by atoms with van der Waals surface area (Å²) >= 11 is 0. The van der Waals surface area contributed by atoms with E-state index in [1.165, 1.54) is 38.4 Å². The highest BCUT2D eigenvalue weighted by Crippen LogP contribution is 2.69. The minimum atomic E-state index is -3.46. The van der Waals surface area contributed by atoms with Crippen molar-refractivity contribution in [2.24, 2.45) is 22.2 Å². The number of sulfonamides is 1. The van der Waals surface area contributed by atoms with E-state index in [0.29, 0.717) is 11.6 Å². The summed E-state index contributed by atoms with van der Waals surface area (Å²) in [6.45, 7) is 4.71. The van der Waals surface area contributed by atoms with Crippen LogP contribution in [0.5, 0.6) is 0 Å². The Morgan fingerprint density at radius 3 is 2.08 bits per heavy atom. The van der Waals surface area contributed by atoms with Crippen LogP contribution in [0.4, 0.5) is 5.69 Å². The molecule has 2 N–H and O–H groups in total. The largest absolute Gasteiger partial charge is 0.326 e. The van der Waals surface area contributed by atoms with Crippen LogP contribution in [0.25, 0.3) is 0 Å². The molecule has 0 spiro atoms. The number of hydrogen-bond acceptors (Lipinski definition) is 3. The van der Waals surface area contributed by atoms with Gasteiger partial charge in [-0.3, -0.25) is 4.79 Å². The normalized spacial score (nSPS) is 38.3. The van der Waals surface area contributed by atoms with E-state index < -0.39 is 10.0 Å². The fraction of sp³-hybridized carbons (Fsp3) is 0.650. The molecule has 4 aliphatic rings. The number of carbonyl (C=O) groups is 1. The highest BCUT2D eigenvalue weighted by molar-refractivity contribution is 7.89. The van der Waals surface area contributed by atoms with Gasteiger partial charge in [0.2, 0.25) is 15.9 Å². The van der Waals surface area contributed by atoms with E-state index in [2.05, 4.69) is 23.9 Å². The molecule has 4 aliphatic carbocycles. The molecule has 0 radical (unpaired) electrons. The van der Waals surface area contributed by atoms with Crippen LogP contribution in [0, 0.1) is 22.2 Å². The smallest absolute Gasteiger partial charge is 0.240 e. The Balaban J connectivity index is 1.55. The van der Waals surface area contributed by atoms with E-state index in [1.807, 2.05) is 0 Å². The predicted molar refractivity (Wildman–Crippen MR) is 101 cm³/mol. The summed E-state index contributed by atoms with van der Waals surface area (Å²) in [5.41, 5.74) is 0.974. The molecular formula is C20H28N2O3S. The van der Waals surface area contributed by atoms with Crippen molar-refractivity contribution in [1.29, 1.82) is 0 Å². The molecule has 0 unspecified atom stereocenters. The third-order valence-corrected chi connectivity index (χ3v) is 8.23. The third-order valence-electron chi connectivity index (χ3n) is 6.80. The topological polar surface area (TPSA) is 75.3 Å². The van der Waals surface area contributed by atoms with E-state index >= 15 is 0 Å². The highest BCUT2D eigenvalue weighted by Gasteiger charge is 2.62. The number of anilines is 1. The molecule has 2 atom stereocenters. The van der Waals surface area contributed by atoms with Crippen LogP contribution in [0.2, 0.25) is 0 Å². The van der Waals surface area contributed by atoms with E-state index in [9.17, 15) is 13.2 Å². The second-order valence-electron chi connectivity index (χ2n) is 9.60. The van der Waals surface area contributed by atoms with Gasteiger partial charge in [0.05, 0.1) is 10.3 Å². The summed E-state index contributed by atoms with van der Waals surface area (Å²) in [5, 5.41) is 3.08. The van der Waals surface area contributed by atoms with Crippen molar-refractivity contribution in [1.82, 2.24) is 4.72 Å². The Labute approximate surface area is 156 Å². The van der Waals surface area contributed by atoms with Crippen molar-refractivity contribution in [2.75, 3.05) is 12.4 Å². The average molecular weight is 377 g/mol. The van der Waals surface area contributed by atoms with Crippen LogP contribution in [-0.2, 0) is 14.8 Å². The molecule has 1 aromatic carbocycles. The quantitative estimate of drug-likeness (QED) is 0.844. The lowest BCUT2D eigenvalue weighted by Gasteiger charge is -2.64. The molecule has 0 aromatic heterocycles. The first kappa shape index (κ1) is 18.0. The number of carbonyl (C=O) groups excluding carboxylic acids is 1. The van der Waals surface area contributed by atoms with Crippen LogP contribution in [0.1, 0.15) is 52.4 Å². The van der Waals surface area contributed by atoms with E-state index in [4.69, 9.17) is 0 Å². The molecular weight excluding hydrogens is 348 g/mol. The highest BCUT2D eigenvalue weighted by atomic mass is 32.2. The SMILES string of the molecule is CNS(=O)(=O)c1ccc(NC(=O)C23CC4C[C@](C)(C2)C[C@](C)(C4)C3)cc1. The maximum absolute atomic E-state index is 13.2. The first-order valence-corrected chi connectivity index (χ1v) is 10.9. The number of amides is 1. The lowest BCUT2D eigenvalue weighted by atomic mass is 9.40. The second-order valence-corrected chi connectivity index (χ2v) is 11.5. The summed E-state index contributed by atoms with van der Waals surface area (Å²) in [5.74, 6) is 0.776. The maximum atomic E-state index is 13.2. The first-order chi connectivity index (χ1) is 12.1. The Kier molecular flexibility index (Phi) is 3.84. The molecule has 0 heterocycles. The fourth-order valence-corrected chi connectivity index (χ4v) is 7.53. The lowest BCUT2D eigenvalue weighted by molar-refractivity contribution is -0.165. The van der Waals surface area contributed by atoms with Gasteiger partial charge in [0.25, 0.3) is 0 Å². The molecule has 5 rings (SSSR count). The minimum absolute atomic E-state index is 0.114. The molecule has 5 nitrogen and oxygen atoms in total. The average Bonchev–Trinajstić information content (AvgIpc) is 2.52. The minimum Gasteiger partial charge on any atom is -0.326 e. The van der Waals surface area contributed by atoms with E-state index in [1.54, 1.807) is 12.1 Å². The molecule has 1 aromatic rings. The van der Waals surface area contributed by atoms with E-state index in [-0.39, 0.29) is 27.0 Å². The molecule has 4 saturated carbocycles. The molecule has 0 aliphatic heterocycles. The van der Waals surface area contributed by atoms with Gasteiger partial charge in [-0.1, -0.05) is 13.8 Å². The van der Waals surface area contributed by atoms with Crippen molar-refractivity contribution in [3.63, 3.8) is 0 Å². The summed E-state index contributed by atoms with van der Waals surface area (Å²) in [4.78, 5) is 13.4. The van der Waals surface area contributed by atoms with Crippen LogP contribution in [0.3, 0.4) is 0 Å². The van der Waals surface area contributed by atoms with Gasteiger partial charge in [-0.2, -0.15) is 0 Å². The zero-order valence-corrected chi connectivity index (χ0v) is 16.6. The van der Waals surface area contributed by atoms with Gasteiger partial charge < -0.3 is 5.32 Å². The molecule has 4 fully saturated rings. The van der Waals surface area contributed by atoms with Crippen molar-refractivity contribution in [2.45, 2.75) is 57.3 Å². The molecule has 26 heavy (non-hydrogen) atoms. The van der Waals surface area contributed by atoms with Crippen LogP contribution in [-0.4, -0.2) is 21.4 Å². The third kappa shape index (κ3) is 2.87. The summed E-state index contributed by atoms with van der Waals surface area (Å²) < 4.78 is 26.0.